The fourth-order valence-corrected chi connectivity index (χ4v) is 4.87. The number of carbonyl (C=O) groups excluding carboxylic acids is 2. The molecule has 1 aliphatic carbocycles. The van der Waals surface area contributed by atoms with Gasteiger partial charge in [-0.2, -0.15) is 0 Å². The average Bonchev–Trinajstić information content (AvgIpc) is 3.47. The Labute approximate surface area is 220 Å². The van der Waals surface area contributed by atoms with Gasteiger partial charge in [-0.1, -0.05) is 12.6 Å². The molecule has 1 aromatic carbocycles. The minimum absolute atomic E-state index is 0.0116. The number of hydrogen-bond acceptors (Lipinski definition) is 6. The van der Waals surface area contributed by atoms with Gasteiger partial charge >= 0.3 is 0 Å². The van der Waals surface area contributed by atoms with Gasteiger partial charge in [0.25, 0.3) is 5.91 Å². The average molecular weight is 508 g/mol. The Bertz CT molecular complexity index is 1560. The molecule has 9 heteroatoms. The van der Waals surface area contributed by atoms with Gasteiger partial charge in [-0.05, 0) is 49.9 Å². The standard InChI is InChI=1S/C29H29N7O2/c1-17(26-34-24-7-5-6-22(25(24)35-26)29(38)36-10-3-4-11-36)23-13-20(15-32-27(23)30-2)19-12-21(16-31-14-19)33-28(37)18-8-9-18/h5-7,12-16,18H,1,3-4,8-11H2,2H3,(H,30,32)(H,33,37)(H,34,35). The molecule has 0 atom stereocenters. The second kappa shape index (κ2) is 9.74. The molecule has 0 bridgehead atoms. The molecule has 2 amide bonds. The highest BCUT2D eigenvalue weighted by Gasteiger charge is 2.29. The third-order valence-corrected chi connectivity index (χ3v) is 7.16. The van der Waals surface area contributed by atoms with Gasteiger partial charge in [0, 0.05) is 60.7 Å². The van der Waals surface area contributed by atoms with Crippen LogP contribution in [0.5, 0.6) is 0 Å². The normalized spacial score (nSPS) is 15.0. The SMILES string of the molecule is C=C(c1nc2c(C(=O)N3CCCC3)cccc2[nH]1)c1cc(-c2cncc(NC(=O)C3CC3)c2)cnc1NC. The van der Waals surface area contributed by atoms with Crippen LogP contribution in [0.15, 0.2) is 55.5 Å². The van der Waals surface area contributed by atoms with Gasteiger partial charge in [0.1, 0.15) is 17.2 Å². The van der Waals surface area contributed by atoms with Crippen molar-refractivity contribution < 1.29 is 9.59 Å². The van der Waals surface area contributed by atoms with Crippen LogP contribution < -0.4 is 10.6 Å². The number of aromatic amines is 1. The second-order valence-corrected chi connectivity index (χ2v) is 9.86. The summed E-state index contributed by atoms with van der Waals surface area (Å²) < 4.78 is 0. The molecule has 0 radical (unpaired) electrons. The summed E-state index contributed by atoms with van der Waals surface area (Å²) in [6.07, 6.45) is 9.10. The molecule has 1 aliphatic heterocycles. The fourth-order valence-electron chi connectivity index (χ4n) is 4.87. The lowest BCUT2D eigenvalue weighted by atomic mass is 10.0. The summed E-state index contributed by atoms with van der Waals surface area (Å²) in [4.78, 5) is 44.3. The summed E-state index contributed by atoms with van der Waals surface area (Å²) in [6.45, 7) is 5.89. The van der Waals surface area contributed by atoms with E-state index in [-0.39, 0.29) is 17.7 Å². The van der Waals surface area contributed by atoms with E-state index >= 15 is 0 Å². The number of amides is 2. The number of nitrogens with one attached hydrogen (secondary N) is 3. The number of pyridine rings is 2. The maximum Gasteiger partial charge on any atom is 0.256 e. The molecule has 1 saturated heterocycles. The largest absolute Gasteiger partial charge is 0.373 e. The van der Waals surface area contributed by atoms with E-state index in [0.717, 1.165) is 61.0 Å². The summed E-state index contributed by atoms with van der Waals surface area (Å²) in [6, 6.07) is 9.50. The number of anilines is 2. The molecule has 2 fully saturated rings. The number of rotatable bonds is 7. The molecular formula is C29H29N7O2. The van der Waals surface area contributed by atoms with Gasteiger partial charge in [0.05, 0.1) is 23.0 Å². The zero-order valence-electron chi connectivity index (χ0n) is 21.3. The van der Waals surface area contributed by atoms with E-state index in [1.807, 2.05) is 35.2 Å². The number of imidazole rings is 1. The number of para-hydroxylation sites is 1. The van der Waals surface area contributed by atoms with Crippen molar-refractivity contribution in [3.63, 3.8) is 0 Å². The summed E-state index contributed by atoms with van der Waals surface area (Å²) in [7, 11) is 1.81. The molecule has 6 rings (SSSR count). The molecule has 1 saturated carbocycles. The molecule has 192 valence electrons. The quantitative estimate of drug-likeness (QED) is 0.334. The molecular weight excluding hydrogens is 478 g/mol. The van der Waals surface area contributed by atoms with E-state index in [0.29, 0.717) is 34.0 Å². The monoisotopic (exact) mass is 507 g/mol. The van der Waals surface area contributed by atoms with Crippen molar-refractivity contribution in [2.45, 2.75) is 25.7 Å². The number of carbonyl (C=O) groups is 2. The highest BCUT2D eigenvalue weighted by Crippen LogP contribution is 2.33. The number of aromatic nitrogens is 4. The molecule has 3 aromatic heterocycles. The maximum atomic E-state index is 13.1. The third kappa shape index (κ3) is 4.51. The predicted molar refractivity (Wildman–Crippen MR) is 148 cm³/mol. The molecule has 2 aliphatic rings. The summed E-state index contributed by atoms with van der Waals surface area (Å²) in [5.41, 5.74) is 5.74. The van der Waals surface area contributed by atoms with Crippen LogP contribution in [0.3, 0.4) is 0 Å². The Morgan fingerprint density at radius 1 is 1.05 bits per heavy atom. The number of likely N-dealkylation sites (tertiary alicyclic amines) is 1. The first-order valence-corrected chi connectivity index (χ1v) is 12.9. The summed E-state index contributed by atoms with van der Waals surface area (Å²) >= 11 is 0. The van der Waals surface area contributed by atoms with Crippen LogP contribution in [0.2, 0.25) is 0 Å². The number of H-pyrrole nitrogens is 1. The van der Waals surface area contributed by atoms with Crippen LogP contribution in [0.1, 0.15) is 47.4 Å². The first kappa shape index (κ1) is 23.8. The number of nitrogens with zero attached hydrogens (tertiary/aromatic N) is 4. The zero-order valence-corrected chi connectivity index (χ0v) is 21.3. The number of benzene rings is 1. The molecule has 9 nitrogen and oxygen atoms in total. The van der Waals surface area contributed by atoms with Gasteiger partial charge in [-0.15, -0.1) is 0 Å². The first-order chi connectivity index (χ1) is 18.5. The van der Waals surface area contributed by atoms with E-state index < -0.39 is 0 Å². The lowest BCUT2D eigenvalue weighted by Crippen LogP contribution is -2.27. The highest BCUT2D eigenvalue weighted by atomic mass is 16.2. The molecule has 0 unspecified atom stereocenters. The van der Waals surface area contributed by atoms with Crippen molar-refractivity contribution in [1.82, 2.24) is 24.8 Å². The van der Waals surface area contributed by atoms with Gasteiger partial charge in [-0.25, -0.2) is 9.97 Å². The summed E-state index contributed by atoms with van der Waals surface area (Å²) in [5.74, 6) is 1.38. The Hall–Kier alpha value is -4.53. The second-order valence-electron chi connectivity index (χ2n) is 9.86. The third-order valence-electron chi connectivity index (χ3n) is 7.16. The van der Waals surface area contributed by atoms with Crippen molar-refractivity contribution in [1.29, 1.82) is 0 Å². The Morgan fingerprint density at radius 3 is 2.61 bits per heavy atom. The predicted octanol–water partition coefficient (Wildman–Crippen LogP) is 4.71. The molecule has 4 aromatic rings. The van der Waals surface area contributed by atoms with Gasteiger partial charge in [0.2, 0.25) is 5.91 Å². The van der Waals surface area contributed by atoms with E-state index in [2.05, 4.69) is 32.2 Å². The minimum Gasteiger partial charge on any atom is -0.373 e. The summed E-state index contributed by atoms with van der Waals surface area (Å²) in [5, 5.41) is 6.09. The van der Waals surface area contributed by atoms with Gasteiger partial charge in [0.15, 0.2) is 0 Å². The number of fused-ring (bicyclic) bond motifs is 1. The van der Waals surface area contributed by atoms with E-state index in [9.17, 15) is 9.59 Å². The van der Waals surface area contributed by atoms with E-state index in [1.165, 1.54) is 0 Å². The first-order valence-electron chi connectivity index (χ1n) is 12.9. The minimum atomic E-state index is 0.0116. The van der Waals surface area contributed by atoms with E-state index in [1.54, 1.807) is 25.6 Å². The smallest absolute Gasteiger partial charge is 0.256 e. The molecule has 3 N–H and O–H groups in total. The number of hydrogen-bond donors (Lipinski definition) is 3. The topological polar surface area (TPSA) is 116 Å². The van der Waals surface area contributed by atoms with Crippen molar-refractivity contribution in [3.8, 4) is 11.1 Å². The lowest BCUT2D eigenvalue weighted by molar-refractivity contribution is -0.117. The molecule has 0 spiro atoms. The van der Waals surface area contributed by atoms with Crippen molar-refractivity contribution in [2.24, 2.45) is 5.92 Å². The van der Waals surface area contributed by atoms with Crippen LogP contribution in [0.25, 0.3) is 27.7 Å². The Kier molecular flexibility index (Phi) is 6.11. The molecule has 38 heavy (non-hydrogen) atoms. The van der Waals surface area contributed by atoms with Crippen molar-refractivity contribution in [2.75, 3.05) is 30.8 Å². The van der Waals surface area contributed by atoms with Gasteiger partial charge < -0.3 is 20.5 Å². The van der Waals surface area contributed by atoms with Crippen LogP contribution in [0.4, 0.5) is 11.5 Å². The van der Waals surface area contributed by atoms with E-state index in [4.69, 9.17) is 4.98 Å². The van der Waals surface area contributed by atoms with Crippen molar-refractivity contribution in [3.05, 3.63) is 72.5 Å². The van der Waals surface area contributed by atoms with Crippen molar-refractivity contribution >= 4 is 39.9 Å². The zero-order chi connectivity index (χ0) is 26.2. The maximum absolute atomic E-state index is 13.1. The highest BCUT2D eigenvalue weighted by molar-refractivity contribution is 6.05. The van der Waals surface area contributed by atoms with Crippen LogP contribution >= 0.6 is 0 Å². The Morgan fingerprint density at radius 2 is 1.84 bits per heavy atom. The lowest BCUT2D eigenvalue weighted by Gasteiger charge is -2.15. The fraction of sp³-hybridized carbons (Fsp3) is 0.276. The van der Waals surface area contributed by atoms with Crippen LogP contribution in [-0.4, -0.2) is 56.8 Å². The molecule has 4 heterocycles. The van der Waals surface area contributed by atoms with Crippen LogP contribution in [-0.2, 0) is 4.79 Å². The van der Waals surface area contributed by atoms with Crippen LogP contribution in [0, 0.1) is 5.92 Å². The Balaban J connectivity index is 1.33. The van der Waals surface area contributed by atoms with Gasteiger partial charge in [-0.3, -0.25) is 14.6 Å².